The van der Waals surface area contributed by atoms with Crippen LogP contribution in [0.25, 0.3) is 0 Å². The molecular weight excluding hydrogens is 240 g/mol. The van der Waals surface area contributed by atoms with Crippen LogP contribution < -0.4 is 0 Å². The molecule has 3 rings (SSSR count). The van der Waals surface area contributed by atoms with Gasteiger partial charge >= 0.3 is 0 Å². The fourth-order valence-electron chi connectivity index (χ4n) is 3.19. The normalized spacial score (nSPS) is 25.9. The molecule has 0 radical (unpaired) electrons. The lowest BCUT2D eigenvalue weighted by molar-refractivity contribution is -0.128. The Morgan fingerprint density at radius 3 is 2.74 bits per heavy atom. The molecule has 1 aromatic rings. The Balaban J connectivity index is 1.76. The molecule has 1 unspecified atom stereocenters. The van der Waals surface area contributed by atoms with Crippen molar-refractivity contribution in [3.05, 3.63) is 35.4 Å². The average molecular weight is 260 g/mol. The van der Waals surface area contributed by atoms with Gasteiger partial charge in [-0.25, -0.2) is 0 Å². The molecule has 0 aromatic heterocycles. The van der Waals surface area contributed by atoms with E-state index < -0.39 is 5.60 Å². The summed E-state index contributed by atoms with van der Waals surface area (Å²) in [6, 6.07) is 8.31. The highest BCUT2D eigenvalue weighted by Gasteiger charge is 2.36. The molecule has 1 N–H and O–H groups in total. The summed E-state index contributed by atoms with van der Waals surface area (Å²) in [5, 5.41) is 10.6. The minimum atomic E-state index is -0.733. The van der Waals surface area contributed by atoms with Gasteiger partial charge in [0.25, 0.3) is 0 Å². The smallest absolute Gasteiger partial charge is 0.133 e. The van der Waals surface area contributed by atoms with Crippen molar-refractivity contribution in [3.8, 4) is 0 Å². The molecule has 0 amide bonds. The van der Waals surface area contributed by atoms with Gasteiger partial charge in [-0.15, -0.1) is 0 Å². The SMILES string of the molecule is O=C1CCC(O)(CC2OCCc3ccccc32)CC1. The molecule has 3 heteroatoms. The zero-order valence-electron chi connectivity index (χ0n) is 11.1. The quantitative estimate of drug-likeness (QED) is 0.889. The van der Waals surface area contributed by atoms with Crippen LogP contribution in [0, 0.1) is 0 Å². The van der Waals surface area contributed by atoms with E-state index in [4.69, 9.17) is 4.74 Å². The summed E-state index contributed by atoms with van der Waals surface area (Å²) < 4.78 is 5.85. The molecule has 102 valence electrons. The maximum absolute atomic E-state index is 11.3. The first-order chi connectivity index (χ1) is 9.16. The Labute approximate surface area is 113 Å². The van der Waals surface area contributed by atoms with Crippen LogP contribution in [0.3, 0.4) is 0 Å². The van der Waals surface area contributed by atoms with Crippen LogP contribution in [0.1, 0.15) is 49.3 Å². The zero-order chi connectivity index (χ0) is 13.3. The topological polar surface area (TPSA) is 46.5 Å². The highest BCUT2D eigenvalue weighted by atomic mass is 16.5. The van der Waals surface area contributed by atoms with Crippen LogP contribution in [0.4, 0.5) is 0 Å². The molecule has 1 heterocycles. The number of fused-ring (bicyclic) bond motifs is 1. The van der Waals surface area contributed by atoms with Crippen molar-refractivity contribution < 1.29 is 14.6 Å². The highest BCUT2D eigenvalue weighted by Crippen LogP contribution is 2.38. The van der Waals surface area contributed by atoms with Crippen LogP contribution in [-0.2, 0) is 16.0 Å². The molecule has 0 spiro atoms. The van der Waals surface area contributed by atoms with E-state index in [1.54, 1.807) is 0 Å². The summed E-state index contributed by atoms with van der Waals surface area (Å²) in [4.78, 5) is 11.3. The van der Waals surface area contributed by atoms with Crippen LogP contribution in [-0.4, -0.2) is 23.1 Å². The first-order valence-corrected chi connectivity index (χ1v) is 7.10. The van der Waals surface area contributed by atoms with Gasteiger partial charge in [-0.1, -0.05) is 24.3 Å². The minimum Gasteiger partial charge on any atom is -0.390 e. The van der Waals surface area contributed by atoms with Gasteiger partial charge in [-0.3, -0.25) is 4.79 Å². The molecule has 1 atom stereocenters. The largest absolute Gasteiger partial charge is 0.390 e. The molecule has 19 heavy (non-hydrogen) atoms. The summed E-state index contributed by atoms with van der Waals surface area (Å²) in [7, 11) is 0. The standard InChI is InChI=1S/C16H20O3/c17-13-5-8-16(18,9-6-13)11-15-14-4-2-1-3-12(14)7-10-19-15/h1-4,15,18H,5-11H2. The number of ketones is 1. The summed E-state index contributed by atoms with van der Waals surface area (Å²) in [6.07, 6.45) is 3.70. The number of Topliss-reactive ketones (excluding diaryl/α,β-unsaturated/α-hetero) is 1. The Morgan fingerprint density at radius 2 is 1.95 bits per heavy atom. The zero-order valence-corrected chi connectivity index (χ0v) is 11.1. The van der Waals surface area contributed by atoms with Gasteiger partial charge in [-0.05, 0) is 30.4 Å². The number of hydrogen-bond donors (Lipinski definition) is 1. The number of carbonyl (C=O) groups excluding carboxylic acids is 1. The van der Waals surface area contributed by atoms with E-state index in [-0.39, 0.29) is 11.9 Å². The van der Waals surface area contributed by atoms with E-state index in [1.807, 2.05) is 6.07 Å². The first kappa shape index (κ1) is 12.8. The van der Waals surface area contributed by atoms with Gasteiger partial charge in [0, 0.05) is 19.3 Å². The number of ether oxygens (including phenoxy) is 1. The van der Waals surface area contributed by atoms with Crippen molar-refractivity contribution in [1.29, 1.82) is 0 Å². The van der Waals surface area contributed by atoms with Crippen LogP contribution >= 0.6 is 0 Å². The first-order valence-electron chi connectivity index (χ1n) is 7.10. The van der Waals surface area contributed by atoms with Crippen molar-refractivity contribution in [2.45, 2.75) is 50.2 Å². The Kier molecular flexibility index (Phi) is 3.42. The minimum absolute atomic E-state index is 0.0249. The van der Waals surface area contributed by atoms with Crippen LogP contribution in [0.5, 0.6) is 0 Å². The third kappa shape index (κ3) is 2.72. The Morgan fingerprint density at radius 1 is 1.21 bits per heavy atom. The molecule has 1 fully saturated rings. The Bertz CT molecular complexity index is 471. The number of benzene rings is 1. The number of carbonyl (C=O) groups is 1. The fourth-order valence-corrected chi connectivity index (χ4v) is 3.19. The summed E-state index contributed by atoms with van der Waals surface area (Å²) in [5.74, 6) is 0.273. The number of hydrogen-bond acceptors (Lipinski definition) is 3. The molecule has 1 aromatic carbocycles. The van der Waals surface area contributed by atoms with Crippen LogP contribution in [0.2, 0.25) is 0 Å². The van der Waals surface area contributed by atoms with E-state index in [1.165, 1.54) is 11.1 Å². The molecule has 1 saturated carbocycles. The van der Waals surface area contributed by atoms with Crippen molar-refractivity contribution in [3.63, 3.8) is 0 Å². The molecule has 1 aliphatic carbocycles. The van der Waals surface area contributed by atoms with Crippen molar-refractivity contribution in [1.82, 2.24) is 0 Å². The van der Waals surface area contributed by atoms with Crippen molar-refractivity contribution in [2.75, 3.05) is 6.61 Å². The third-order valence-electron chi connectivity index (χ3n) is 4.40. The van der Waals surface area contributed by atoms with Gasteiger partial charge in [0.05, 0.1) is 18.3 Å². The van der Waals surface area contributed by atoms with E-state index in [2.05, 4.69) is 18.2 Å². The average Bonchev–Trinajstić information content (AvgIpc) is 2.43. The molecule has 0 saturated heterocycles. The third-order valence-corrected chi connectivity index (χ3v) is 4.40. The van der Waals surface area contributed by atoms with Gasteiger partial charge in [-0.2, -0.15) is 0 Å². The lowest BCUT2D eigenvalue weighted by Crippen LogP contribution is -2.37. The van der Waals surface area contributed by atoms with Gasteiger partial charge in [0.1, 0.15) is 5.78 Å². The molecular formula is C16H20O3. The van der Waals surface area contributed by atoms with E-state index >= 15 is 0 Å². The lowest BCUT2D eigenvalue weighted by atomic mass is 9.78. The van der Waals surface area contributed by atoms with Gasteiger partial charge in [0.15, 0.2) is 0 Å². The van der Waals surface area contributed by atoms with Crippen molar-refractivity contribution >= 4 is 5.78 Å². The second-order valence-corrected chi connectivity index (χ2v) is 5.78. The summed E-state index contributed by atoms with van der Waals surface area (Å²) in [6.45, 7) is 0.719. The second kappa shape index (κ2) is 5.06. The second-order valence-electron chi connectivity index (χ2n) is 5.78. The summed E-state index contributed by atoms with van der Waals surface area (Å²) >= 11 is 0. The predicted octanol–water partition coefficient (Wildman–Crippen LogP) is 2.56. The van der Waals surface area contributed by atoms with Crippen molar-refractivity contribution in [2.24, 2.45) is 0 Å². The van der Waals surface area contributed by atoms with Crippen LogP contribution in [0.15, 0.2) is 24.3 Å². The Hall–Kier alpha value is -1.19. The number of rotatable bonds is 2. The van der Waals surface area contributed by atoms with Gasteiger partial charge < -0.3 is 9.84 Å². The monoisotopic (exact) mass is 260 g/mol. The lowest BCUT2D eigenvalue weighted by Gasteiger charge is -2.36. The summed E-state index contributed by atoms with van der Waals surface area (Å²) in [5.41, 5.74) is 1.80. The molecule has 2 aliphatic rings. The molecule has 3 nitrogen and oxygen atoms in total. The van der Waals surface area contributed by atoms with E-state index in [0.717, 1.165) is 13.0 Å². The van der Waals surface area contributed by atoms with Gasteiger partial charge in [0.2, 0.25) is 0 Å². The molecule has 1 aliphatic heterocycles. The van der Waals surface area contributed by atoms with E-state index in [9.17, 15) is 9.90 Å². The maximum Gasteiger partial charge on any atom is 0.133 e. The fraction of sp³-hybridized carbons (Fsp3) is 0.562. The number of aliphatic hydroxyl groups is 1. The molecule has 0 bridgehead atoms. The highest BCUT2D eigenvalue weighted by molar-refractivity contribution is 5.79. The maximum atomic E-state index is 11.3. The predicted molar refractivity (Wildman–Crippen MR) is 71.9 cm³/mol. The van der Waals surface area contributed by atoms with E-state index in [0.29, 0.717) is 32.1 Å².